The molecule has 0 aliphatic carbocycles. The third-order valence-corrected chi connectivity index (χ3v) is 24.1. The summed E-state index contributed by atoms with van der Waals surface area (Å²) in [6.45, 7) is 17.9. The van der Waals surface area contributed by atoms with Gasteiger partial charge < -0.3 is 59.0 Å². The molecule has 3 aliphatic rings. The normalized spacial score (nSPS) is 35.1. The quantitative estimate of drug-likeness (QED) is 0.0343. The van der Waals surface area contributed by atoms with E-state index in [9.17, 15) is 35.1 Å². The number of nitrogens with zero attached hydrogens (tertiary/aromatic N) is 2. The number of aliphatic hydroxyl groups is 5. The van der Waals surface area contributed by atoms with Crippen LogP contribution in [0.4, 0.5) is 0 Å². The number of amides is 1. The van der Waals surface area contributed by atoms with Gasteiger partial charge in [0.25, 0.3) is 0 Å². The maximum atomic E-state index is 14.8. The van der Waals surface area contributed by atoms with Gasteiger partial charge in [-0.15, -0.1) is 0 Å². The molecule has 0 radical (unpaired) electrons. The SMILES string of the molecule is CC[C@H]1OC(=O)[C@H](C)[C@@H](C2C[C@@](C)(OC)[C@@H](O)[C@H](C)O2)[C@H](C)[C@@H](O[C@@H]2O[C@H](C)C[C@H](N(C)C)[C@H]2O)[C@](C)(O)C[C@@H](C)CN(C(=O)CCCCCCCCCCCCC[P+](c2ccccc2)(c2ccccc2)c2ccccc2)[C@H](C)[C@@H](O)[C@]1(C)O. The summed E-state index contributed by atoms with van der Waals surface area (Å²) in [5.74, 6) is -3.61. The van der Waals surface area contributed by atoms with Gasteiger partial charge in [-0.2, -0.15) is 0 Å². The number of carbonyl (C=O) groups is 2. The van der Waals surface area contributed by atoms with Crippen LogP contribution in [0.5, 0.6) is 0 Å². The van der Waals surface area contributed by atoms with Crippen molar-refractivity contribution in [1.29, 1.82) is 0 Å². The van der Waals surface area contributed by atoms with Crippen LogP contribution in [-0.4, -0.2) is 165 Å². The number of esters is 1. The van der Waals surface area contributed by atoms with Crippen molar-refractivity contribution < 1.29 is 58.8 Å². The predicted molar refractivity (Wildman–Crippen MR) is 337 cm³/mol. The van der Waals surface area contributed by atoms with Gasteiger partial charge in [0.15, 0.2) is 6.29 Å². The summed E-state index contributed by atoms with van der Waals surface area (Å²) in [7, 11) is 3.52. The number of cyclic esters (lactones) is 1. The van der Waals surface area contributed by atoms with Crippen LogP contribution in [0.15, 0.2) is 91.0 Å². The van der Waals surface area contributed by atoms with E-state index in [1.54, 1.807) is 39.5 Å². The lowest BCUT2D eigenvalue weighted by atomic mass is 9.68. The van der Waals surface area contributed by atoms with Crippen molar-refractivity contribution >= 4 is 35.1 Å². The molecule has 3 aliphatic heterocycles. The lowest BCUT2D eigenvalue weighted by Gasteiger charge is -2.51. The number of benzene rings is 3. The van der Waals surface area contributed by atoms with Gasteiger partial charge >= 0.3 is 5.97 Å². The zero-order valence-electron chi connectivity index (χ0n) is 53.5. The number of unbranched alkanes of at least 4 members (excludes halogenated alkanes) is 10. The number of hydrogen-bond donors (Lipinski definition) is 5. The summed E-state index contributed by atoms with van der Waals surface area (Å²) >= 11 is 0. The van der Waals surface area contributed by atoms with Crippen molar-refractivity contribution in [2.24, 2.45) is 23.7 Å². The van der Waals surface area contributed by atoms with E-state index in [1.165, 1.54) is 68.5 Å². The van der Waals surface area contributed by atoms with Gasteiger partial charge in [0.1, 0.15) is 53.2 Å². The van der Waals surface area contributed by atoms with E-state index in [1.807, 2.05) is 46.7 Å². The fourth-order valence-electron chi connectivity index (χ4n) is 14.6. The first kappa shape index (κ1) is 69.7. The van der Waals surface area contributed by atoms with Crippen LogP contribution in [0.2, 0.25) is 0 Å². The maximum Gasteiger partial charge on any atom is 0.309 e. The summed E-state index contributed by atoms with van der Waals surface area (Å²) in [5.41, 5.74) is -4.71. The van der Waals surface area contributed by atoms with E-state index < -0.39 is 103 Å². The molecule has 3 aromatic carbocycles. The molecule has 0 aromatic heterocycles. The Labute approximate surface area is 506 Å². The maximum absolute atomic E-state index is 14.8. The summed E-state index contributed by atoms with van der Waals surface area (Å²) in [6.07, 6.45) is 5.71. The number of aliphatic hydroxyl groups excluding tert-OH is 3. The third-order valence-electron chi connectivity index (χ3n) is 19.6. The van der Waals surface area contributed by atoms with Crippen LogP contribution in [0, 0.1) is 23.7 Å². The molecule has 84 heavy (non-hydrogen) atoms. The first-order valence-electron chi connectivity index (χ1n) is 32.1. The third kappa shape index (κ3) is 17.1. The average molecular weight is 1190 g/mol. The molecule has 6 rings (SSSR count). The van der Waals surface area contributed by atoms with Gasteiger partial charge in [-0.25, -0.2) is 0 Å². The van der Waals surface area contributed by atoms with Gasteiger partial charge in [0, 0.05) is 38.5 Å². The number of carbonyl (C=O) groups excluding carboxylic acids is 2. The van der Waals surface area contributed by atoms with Crippen LogP contribution in [0.1, 0.15) is 172 Å². The van der Waals surface area contributed by atoms with Gasteiger partial charge in [-0.05, 0) is 142 Å². The smallest absolute Gasteiger partial charge is 0.309 e. The predicted octanol–water partition coefficient (Wildman–Crippen LogP) is 9.75. The van der Waals surface area contributed by atoms with Crippen molar-refractivity contribution in [1.82, 2.24) is 9.80 Å². The van der Waals surface area contributed by atoms with Gasteiger partial charge in [0.2, 0.25) is 5.91 Å². The van der Waals surface area contributed by atoms with Crippen molar-refractivity contribution in [3.63, 3.8) is 0 Å². The fourth-order valence-corrected chi connectivity index (χ4v) is 19.0. The molecule has 3 heterocycles. The summed E-state index contributed by atoms with van der Waals surface area (Å²) < 4.78 is 32.2. The molecule has 1 amide bonds. The van der Waals surface area contributed by atoms with E-state index >= 15 is 0 Å². The summed E-state index contributed by atoms with van der Waals surface area (Å²) in [5, 5.41) is 65.2. The molecule has 0 spiro atoms. The fraction of sp³-hybridized carbons (Fsp3) is 0.710. The monoisotopic (exact) mass is 1190 g/mol. The average Bonchev–Trinajstić information content (AvgIpc) is 2.09. The van der Waals surface area contributed by atoms with Crippen LogP contribution >= 0.6 is 7.26 Å². The Bertz CT molecular complexity index is 2320. The van der Waals surface area contributed by atoms with Crippen LogP contribution in [0.25, 0.3) is 0 Å². The highest BCUT2D eigenvalue weighted by atomic mass is 31.2. The van der Waals surface area contributed by atoms with E-state index in [4.69, 9.17) is 23.7 Å². The highest BCUT2D eigenvalue weighted by Crippen LogP contribution is 2.56. The largest absolute Gasteiger partial charge is 0.459 e. The van der Waals surface area contributed by atoms with E-state index in [2.05, 4.69) is 91.0 Å². The molecule has 5 N–H and O–H groups in total. The molecular formula is C69H110N2O12P+. The Kier molecular flexibility index (Phi) is 26.3. The Morgan fingerprint density at radius 3 is 1.70 bits per heavy atom. The molecule has 3 fully saturated rings. The van der Waals surface area contributed by atoms with Crippen LogP contribution < -0.4 is 15.9 Å². The van der Waals surface area contributed by atoms with Crippen molar-refractivity contribution in [3.8, 4) is 0 Å². The minimum Gasteiger partial charge on any atom is -0.459 e. The highest BCUT2D eigenvalue weighted by Gasteiger charge is 2.55. The molecule has 18 atom stereocenters. The lowest BCUT2D eigenvalue weighted by molar-refractivity contribution is -0.302. The molecule has 1 unspecified atom stereocenters. The Morgan fingerprint density at radius 2 is 1.21 bits per heavy atom. The van der Waals surface area contributed by atoms with E-state index in [0.29, 0.717) is 12.8 Å². The second-order valence-electron chi connectivity index (χ2n) is 26.5. The van der Waals surface area contributed by atoms with E-state index in [0.717, 1.165) is 31.8 Å². The second-order valence-corrected chi connectivity index (χ2v) is 30.2. The first-order valence-corrected chi connectivity index (χ1v) is 34.0. The molecule has 3 aromatic rings. The van der Waals surface area contributed by atoms with Gasteiger partial charge in [0.05, 0.1) is 53.7 Å². The number of methoxy groups -OCH3 is 1. The molecule has 15 heteroatoms. The van der Waals surface area contributed by atoms with E-state index in [-0.39, 0.29) is 56.2 Å². The van der Waals surface area contributed by atoms with Crippen molar-refractivity contribution in [3.05, 3.63) is 91.0 Å². The number of likely N-dealkylation sites (N-methyl/N-ethyl adjacent to an activating group) is 1. The van der Waals surface area contributed by atoms with Gasteiger partial charge in [-0.1, -0.05) is 134 Å². The Balaban J connectivity index is 1.11. The molecule has 14 nitrogen and oxygen atoms in total. The minimum absolute atomic E-state index is 0.110. The van der Waals surface area contributed by atoms with Crippen molar-refractivity contribution in [2.75, 3.05) is 33.9 Å². The summed E-state index contributed by atoms with van der Waals surface area (Å²) in [6, 6.07) is 32.2. The topological polar surface area (TPSA) is 188 Å². The first-order chi connectivity index (χ1) is 39.8. The number of hydrogen-bond acceptors (Lipinski definition) is 13. The summed E-state index contributed by atoms with van der Waals surface area (Å²) in [4.78, 5) is 33.0. The molecule has 3 saturated heterocycles. The van der Waals surface area contributed by atoms with Crippen LogP contribution in [0.3, 0.4) is 0 Å². The number of rotatable bonds is 23. The minimum atomic E-state index is -1.98. The highest BCUT2D eigenvalue weighted by molar-refractivity contribution is 7.95. The molecule has 0 bridgehead atoms. The van der Waals surface area contributed by atoms with Crippen molar-refractivity contribution in [2.45, 2.75) is 256 Å². The zero-order valence-corrected chi connectivity index (χ0v) is 54.4. The second kappa shape index (κ2) is 31.7. The Hall–Kier alpha value is -3.37. The zero-order chi connectivity index (χ0) is 61.6. The van der Waals surface area contributed by atoms with Crippen LogP contribution in [-0.2, 0) is 33.3 Å². The molecule has 472 valence electrons. The Morgan fingerprint density at radius 1 is 0.714 bits per heavy atom. The molecular weight excluding hydrogens is 1080 g/mol. The molecule has 0 saturated carbocycles. The van der Waals surface area contributed by atoms with Gasteiger partial charge in [-0.3, -0.25) is 9.59 Å². The lowest BCUT2D eigenvalue weighted by Crippen LogP contribution is -2.61. The standard InChI is InChI=1S/C69H110N2O12P/c1-14-58-69(10,78)62(74)51(6)71(59(72)41-33-22-20-18-16-15-17-19-21-23-34-42-84(53-35-27-24-28-36-53,54-37-29-25-30-38-54)55-39-31-26-32-40-55)46-47(2)44-67(8,77)64(83-66-61(73)56(70(11)12)43-48(3)80-66)49(4)60(50(5)65(76)82-58)57-45-68(9,79-13)63(75)52(7)81-57/h24-32,35-40,47-52,56-58,60-64,66,73-75,77-78H,14-23,33-34,41-46H2,1-13H3/q+1/t47-,48-,49+,50-,51-,52+,56+,57?,58-,60+,61-,62-,63+,64-,66+,67-,68-,69-/m1/s1. The number of ether oxygens (including phenoxy) is 5.